The number of rotatable bonds is 3. The molecule has 33 heavy (non-hydrogen) atoms. The van der Waals surface area contributed by atoms with E-state index in [-0.39, 0.29) is 11.3 Å². The first-order valence-corrected chi connectivity index (χ1v) is 9.97. The van der Waals surface area contributed by atoms with Gasteiger partial charge in [-0.2, -0.15) is 13.2 Å². The molecular weight excluding hydrogens is 433 g/mol. The van der Waals surface area contributed by atoms with Crippen LogP contribution in [0.25, 0.3) is 44.3 Å². The molecule has 5 aromatic rings. The molecule has 166 valence electrons. The Labute approximate surface area is 185 Å². The van der Waals surface area contributed by atoms with Crippen LogP contribution in [0.1, 0.15) is 5.56 Å². The Morgan fingerprint density at radius 2 is 1.79 bits per heavy atom. The highest BCUT2D eigenvalue weighted by molar-refractivity contribution is 6.08. The molecule has 0 aliphatic carbocycles. The minimum absolute atomic E-state index is 0.273. The van der Waals surface area contributed by atoms with Crippen LogP contribution in [-0.2, 0) is 13.2 Å². The summed E-state index contributed by atoms with van der Waals surface area (Å²) in [5.41, 5.74) is 2.56. The van der Waals surface area contributed by atoms with E-state index in [2.05, 4.69) is 15.0 Å². The van der Waals surface area contributed by atoms with Crippen molar-refractivity contribution in [3.63, 3.8) is 0 Å². The Hall–Kier alpha value is -4.14. The number of halogens is 3. The second-order valence-electron chi connectivity index (χ2n) is 7.57. The summed E-state index contributed by atoms with van der Waals surface area (Å²) in [6, 6.07) is 14.0. The zero-order valence-electron chi connectivity index (χ0n) is 17.6. The van der Waals surface area contributed by atoms with Gasteiger partial charge in [-0.15, -0.1) is 0 Å². The molecule has 0 saturated heterocycles. The molecule has 3 heterocycles. The zero-order valence-corrected chi connectivity index (χ0v) is 17.6. The normalized spacial score (nSPS) is 11.9. The Morgan fingerprint density at radius 1 is 1.00 bits per heavy atom. The maximum absolute atomic E-state index is 13.3. The molecule has 0 aliphatic rings. The van der Waals surface area contributed by atoms with Crippen LogP contribution in [0.15, 0.2) is 65.6 Å². The molecule has 3 aromatic heterocycles. The van der Waals surface area contributed by atoms with Crippen molar-refractivity contribution in [2.24, 2.45) is 7.05 Å². The van der Waals surface area contributed by atoms with Gasteiger partial charge in [-0.1, -0.05) is 18.2 Å². The van der Waals surface area contributed by atoms with Gasteiger partial charge in [0.1, 0.15) is 0 Å². The van der Waals surface area contributed by atoms with E-state index >= 15 is 0 Å². The molecule has 5 rings (SSSR count). The first kappa shape index (κ1) is 20.7. The van der Waals surface area contributed by atoms with Crippen LogP contribution < -0.4 is 10.4 Å². The molecule has 2 aromatic carbocycles. The Kier molecular flexibility index (Phi) is 4.70. The average molecular weight is 450 g/mol. The van der Waals surface area contributed by atoms with Gasteiger partial charge >= 0.3 is 11.9 Å². The fraction of sp³-hybridized carbons (Fsp3) is 0.125. The summed E-state index contributed by atoms with van der Waals surface area (Å²) in [6.07, 6.45) is -2.81. The van der Waals surface area contributed by atoms with Crippen molar-refractivity contribution >= 4 is 21.9 Å². The van der Waals surface area contributed by atoms with Crippen molar-refractivity contribution in [3.8, 4) is 28.3 Å². The Morgan fingerprint density at radius 3 is 2.48 bits per heavy atom. The van der Waals surface area contributed by atoms with Gasteiger partial charge in [-0.3, -0.25) is 4.57 Å². The van der Waals surface area contributed by atoms with Gasteiger partial charge < -0.3 is 9.72 Å². The third-order valence-corrected chi connectivity index (χ3v) is 5.57. The van der Waals surface area contributed by atoms with Crippen LogP contribution in [0.4, 0.5) is 13.2 Å². The second-order valence-corrected chi connectivity index (χ2v) is 7.57. The maximum atomic E-state index is 13.3. The third-order valence-electron chi connectivity index (χ3n) is 5.57. The van der Waals surface area contributed by atoms with E-state index in [4.69, 9.17) is 4.74 Å². The zero-order chi connectivity index (χ0) is 23.3. The lowest BCUT2D eigenvalue weighted by Gasteiger charge is -2.12. The minimum atomic E-state index is -4.49. The van der Waals surface area contributed by atoms with E-state index in [1.165, 1.54) is 17.7 Å². The van der Waals surface area contributed by atoms with Crippen LogP contribution >= 0.6 is 0 Å². The molecule has 6 nitrogen and oxygen atoms in total. The molecule has 0 saturated carbocycles. The van der Waals surface area contributed by atoms with E-state index in [9.17, 15) is 18.0 Å². The summed E-state index contributed by atoms with van der Waals surface area (Å²) < 4.78 is 46.3. The number of aryl methyl sites for hydroxylation is 1. The standard InChI is InChI=1S/C24H17F3N4O2/c1-31-22-20(14-4-3-5-16(10-14)24(25,26)27)29-18-8-6-13(11-17(18)21(22)30-23(31)32)15-7-9-19(33-2)28-12-15/h3-12H,1-2H3,(H,30,32). The predicted molar refractivity (Wildman–Crippen MR) is 119 cm³/mol. The Balaban J connectivity index is 1.76. The topological polar surface area (TPSA) is 72.8 Å². The smallest absolute Gasteiger partial charge is 0.416 e. The molecule has 0 fully saturated rings. The first-order valence-electron chi connectivity index (χ1n) is 9.97. The number of aromatic amines is 1. The molecular formula is C24H17F3N4O2. The molecule has 0 radical (unpaired) electrons. The van der Waals surface area contributed by atoms with E-state index in [1.807, 2.05) is 18.2 Å². The van der Waals surface area contributed by atoms with Gasteiger partial charge in [0, 0.05) is 35.8 Å². The fourth-order valence-electron chi connectivity index (χ4n) is 3.89. The van der Waals surface area contributed by atoms with Gasteiger partial charge in [0.25, 0.3) is 0 Å². The quantitative estimate of drug-likeness (QED) is 0.412. The number of benzene rings is 2. The van der Waals surface area contributed by atoms with Crippen molar-refractivity contribution in [3.05, 3.63) is 76.8 Å². The van der Waals surface area contributed by atoms with Crippen LogP contribution in [0, 0.1) is 0 Å². The van der Waals surface area contributed by atoms with Crippen molar-refractivity contribution in [2.45, 2.75) is 6.18 Å². The maximum Gasteiger partial charge on any atom is 0.416 e. The number of pyridine rings is 2. The largest absolute Gasteiger partial charge is 0.481 e. The molecule has 0 amide bonds. The molecule has 1 N–H and O–H groups in total. The van der Waals surface area contributed by atoms with Crippen LogP contribution in [0.5, 0.6) is 5.88 Å². The summed E-state index contributed by atoms with van der Waals surface area (Å²) in [6.45, 7) is 0. The van der Waals surface area contributed by atoms with E-state index < -0.39 is 11.7 Å². The second kappa shape index (κ2) is 7.47. The predicted octanol–water partition coefficient (Wildman–Crippen LogP) is 5.17. The van der Waals surface area contributed by atoms with Crippen LogP contribution in [-0.4, -0.2) is 26.6 Å². The highest BCUT2D eigenvalue weighted by atomic mass is 19.4. The number of ether oxygens (including phenoxy) is 1. The van der Waals surface area contributed by atoms with Crippen LogP contribution in [0.2, 0.25) is 0 Å². The number of H-pyrrole nitrogens is 1. The number of alkyl halides is 3. The van der Waals surface area contributed by atoms with E-state index in [0.29, 0.717) is 33.5 Å². The number of imidazole rings is 1. The number of methoxy groups -OCH3 is 1. The number of fused-ring (bicyclic) bond motifs is 3. The van der Waals surface area contributed by atoms with Crippen molar-refractivity contribution in [2.75, 3.05) is 7.11 Å². The summed E-state index contributed by atoms with van der Waals surface area (Å²) >= 11 is 0. The van der Waals surface area contributed by atoms with Crippen molar-refractivity contribution in [1.82, 2.24) is 19.5 Å². The average Bonchev–Trinajstić information content (AvgIpc) is 3.12. The molecule has 0 aliphatic heterocycles. The highest BCUT2D eigenvalue weighted by Crippen LogP contribution is 2.36. The summed E-state index contributed by atoms with van der Waals surface area (Å²) in [5, 5.41) is 0.673. The summed E-state index contributed by atoms with van der Waals surface area (Å²) in [7, 11) is 3.09. The molecule has 0 atom stereocenters. The number of aromatic nitrogens is 4. The lowest BCUT2D eigenvalue weighted by molar-refractivity contribution is -0.137. The molecule has 0 unspecified atom stereocenters. The molecule has 0 spiro atoms. The fourth-order valence-corrected chi connectivity index (χ4v) is 3.89. The lowest BCUT2D eigenvalue weighted by atomic mass is 10.0. The third kappa shape index (κ3) is 3.51. The van der Waals surface area contributed by atoms with Gasteiger partial charge in [0.05, 0.1) is 34.9 Å². The van der Waals surface area contributed by atoms with Gasteiger partial charge in [-0.05, 0) is 35.9 Å². The monoisotopic (exact) mass is 450 g/mol. The van der Waals surface area contributed by atoms with E-state index in [1.54, 1.807) is 31.4 Å². The Bertz CT molecular complexity index is 1570. The van der Waals surface area contributed by atoms with Crippen molar-refractivity contribution < 1.29 is 17.9 Å². The van der Waals surface area contributed by atoms with Gasteiger partial charge in [0.15, 0.2) is 0 Å². The number of nitrogens with one attached hydrogen (secondary N) is 1. The lowest BCUT2D eigenvalue weighted by Crippen LogP contribution is -2.12. The molecule has 0 bridgehead atoms. The molecule has 9 heteroatoms. The number of hydrogen-bond donors (Lipinski definition) is 1. The highest BCUT2D eigenvalue weighted by Gasteiger charge is 2.31. The van der Waals surface area contributed by atoms with Gasteiger partial charge in [0.2, 0.25) is 5.88 Å². The minimum Gasteiger partial charge on any atom is -0.481 e. The van der Waals surface area contributed by atoms with Gasteiger partial charge in [-0.25, -0.2) is 14.8 Å². The van der Waals surface area contributed by atoms with Crippen LogP contribution in [0.3, 0.4) is 0 Å². The van der Waals surface area contributed by atoms with E-state index in [0.717, 1.165) is 23.3 Å². The number of hydrogen-bond acceptors (Lipinski definition) is 4. The van der Waals surface area contributed by atoms with Crippen molar-refractivity contribution in [1.29, 1.82) is 0 Å². The first-order chi connectivity index (χ1) is 15.8. The number of nitrogens with zero attached hydrogens (tertiary/aromatic N) is 3. The SMILES string of the molecule is COc1ccc(-c2ccc3nc(-c4cccc(C(F)(F)F)c4)c4c([nH]c(=O)n4C)c3c2)cn1. The summed E-state index contributed by atoms with van der Waals surface area (Å²) in [5.74, 6) is 0.488. The summed E-state index contributed by atoms with van der Waals surface area (Å²) in [4.78, 5) is 24.2.